The lowest BCUT2D eigenvalue weighted by Gasteiger charge is -2.22. The smallest absolute Gasteiger partial charge is 0.0544 e. The minimum absolute atomic E-state index is 0.696. The number of rotatable bonds is 2. The fraction of sp³-hybridized carbons (Fsp3) is 0.250. The van der Waals surface area contributed by atoms with E-state index in [0.717, 1.165) is 34.7 Å². The van der Waals surface area contributed by atoms with E-state index in [1.807, 2.05) is 12.1 Å². The third-order valence-electron chi connectivity index (χ3n) is 2.16. The molecular weight excluding hydrogens is 192 g/mol. The van der Waals surface area contributed by atoms with Gasteiger partial charge in [0.1, 0.15) is 0 Å². The van der Waals surface area contributed by atoms with Crippen molar-refractivity contribution in [3.63, 3.8) is 0 Å². The van der Waals surface area contributed by atoms with Crippen LogP contribution in [-0.2, 0) is 12.8 Å². The quantitative estimate of drug-likeness (QED) is 0.720. The molecule has 12 heavy (non-hydrogen) atoms. The summed E-state index contributed by atoms with van der Waals surface area (Å²) >= 11 is 1.43. The Kier molecular flexibility index (Phi) is 2.32. The van der Waals surface area contributed by atoms with Crippen molar-refractivity contribution in [1.29, 1.82) is 0 Å². The second-order valence-corrected chi connectivity index (χ2v) is 3.93. The Bertz CT molecular complexity index is 312. The van der Waals surface area contributed by atoms with Crippen molar-refractivity contribution in [2.24, 2.45) is 0 Å². The van der Waals surface area contributed by atoms with E-state index in [2.05, 4.69) is 0 Å². The van der Waals surface area contributed by atoms with Crippen LogP contribution in [0.5, 0.6) is 0 Å². The molecule has 0 heterocycles. The Balaban J connectivity index is 2.51. The van der Waals surface area contributed by atoms with Crippen molar-refractivity contribution in [3.8, 4) is 0 Å². The molecule has 4 heteroatoms. The Morgan fingerprint density at radius 3 is 2.42 bits per heavy atom. The van der Waals surface area contributed by atoms with Crippen LogP contribution in [0.15, 0.2) is 21.9 Å². The second-order valence-electron chi connectivity index (χ2n) is 2.71. The van der Waals surface area contributed by atoms with E-state index in [0.29, 0.717) is 12.0 Å². The van der Waals surface area contributed by atoms with E-state index in [4.69, 9.17) is 9.11 Å². The lowest BCUT2D eigenvalue weighted by atomic mass is 9.89. The number of hydrogen-bond acceptors (Lipinski definition) is 4. The molecule has 2 N–H and O–H groups in total. The Hall–Kier alpha value is -0.160. The minimum atomic E-state index is 0.696. The highest BCUT2D eigenvalue weighted by Crippen LogP contribution is 2.38. The third kappa shape index (κ3) is 1.15. The molecule has 1 aromatic carbocycles. The molecule has 1 aromatic rings. The number of hydrogen-bond donors (Lipinski definition) is 2. The lowest BCUT2D eigenvalue weighted by Crippen LogP contribution is -2.10. The van der Waals surface area contributed by atoms with Crippen LogP contribution in [-0.4, -0.2) is 9.11 Å². The van der Waals surface area contributed by atoms with Crippen LogP contribution in [0, 0.1) is 0 Å². The van der Waals surface area contributed by atoms with Gasteiger partial charge in [0.25, 0.3) is 0 Å². The summed E-state index contributed by atoms with van der Waals surface area (Å²) in [4.78, 5) is 1.58. The first-order valence-electron chi connectivity index (χ1n) is 3.64. The second kappa shape index (κ2) is 3.30. The van der Waals surface area contributed by atoms with Crippen LogP contribution < -0.4 is 0 Å². The molecule has 0 saturated carbocycles. The normalized spacial score (nSPS) is 13.8. The van der Waals surface area contributed by atoms with Crippen LogP contribution >= 0.6 is 24.1 Å². The van der Waals surface area contributed by atoms with E-state index >= 15 is 0 Å². The van der Waals surface area contributed by atoms with E-state index in [-0.39, 0.29) is 0 Å². The molecule has 0 radical (unpaired) electrons. The average Bonchev–Trinajstić information content (AvgIpc) is 2.06. The Labute approximate surface area is 79.4 Å². The zero-order chi connectivity index (χ0) is 8.55. The fourth-order valence-electron chi connectivity index (χ4n) is 1.41. The van der Waals surface area contributed by atoms with Gasteiger partial charge >= 0.3 is 0 Å². The summed E-state index contributed by atoms with van der Waals surface area (Å²) < 4.78 is 17.9. The maximum Gasteiger partial charge on any atom is 0.0544 e. The van der Waals surface area contributed by atoms with Crippen LogP contribution in [0.1, 0.15) is 11.1 Å². The molecule has 0 aliphatic heterocycles. The molecular formula is C8H8O2S2. The summed E-state index contributed by atoms with van der Waals surface area (Å²) in [5.74, 6) is 0. The Morgan fingerprint density at radius 2 is 1.92 bits per heavy atom. The first-order chi connectivity index (χ1) is 5.86. The molecule has 2 nitrogen and oxygen atoms in total. The van der Waals surface area contributed by atoms with Gasteiger partial charge in [0.15, 0.2) is 0 Å². The zero-order valence-electron chi connectivity index (χ0n) is 6.28. The average molecular weight is 200 g/mol. The van der Waals surface area contributed by atoms with Gasteiger partial charge in [-0.05, 0) is 30.0 Å². The maximum atomic E-state index is 8.98. The summed E-state index contributed by atoms with van der Waals surface area (Å²) in [6, 6.07) is 3.86. The molecule has 0 spiro atoms. The van der Waals surface area contributed by atoms with Crippen LogP contribution in [0.25, 0.3) is 0 Å². The molecule has 2 rings (SSSR count). The van der Waals surface area contributed by atoms with Gasteiger partial charge in [0.2, 0.25) is 0 Å². The maximum absolute atomic E-state index is 8.98. The number of benzene rings is 1. The molecule has 0 unspecified atom stereocenters. The molecule has 0 fully saturated rings. The van der Waals surface area contributed by atoms with Crippen molar-refractivity contribution >= 4 is 24.1 Å². The van der Waals surface area contributed by atoms with Crippen molar-refractivity contribution in [2.75, 3.05) is 0 Å². The Morgan fingerprint density at radius 1 is 1.08 bits per heavy atom. The van der Waals surface area contributed by atoms with Crippen molar-refractivity contribution < 1.29 is 9.11 Å². The molecule has 0 saturated heterocycles. The molecule has 0 bridgehead atoms. The van der Waals surface area contributed by atoms with E-state index in [1.54, 1.807) is 0 Å². The predicted octanol–water partition coefficient (Wildman–Crippen LogP) is 2.92. The summed E-state index contributed by atoms with van der Waals surface area (Å²) in [5, 5.41) is 0. The highest BCUT2D eigenvalue weighted by molar-refractivity contribution is 7.96. The van der Waals surface area contributed by atoms with Crippen molar-refractivity contribution in [1.82, 2.24) is 0 Å². The zero-order valence-corrected chi connectivity index (χ0v) is 7.91. The van der Waals surface area contributed by atoms with Crippen LogP contribution in [0.3, 0.4) is 0 Å². The summed E-state index contributed by atoms with van der Waals surface area (Å²) in [7, 11) is 0. The molecule has 64 valence electrons. The van der Waals surface area contributed by atoms with E-state index in [9.17, 15) is 0 Å². The standard InChI is InChI=1S/C8H8O2S2/c9-11-7-4-2-5-1-3-6(5)8(7)12-10/h2,4,9-10H,1,3H2. The number of aryl methyl sites for hydroxylation is 1. The van der Waals surface area contributed by atoms with Crippen LogP contribution in [0.4, 0.5) is 0 Å². The van der Waals surface area contributed by atoms with Crippen LogP contribution in [0.2, 0.25) is 0 Å². The van der Waals surface area contributed by atoms with Crippen molar-refractivity contribution in [3.05, 3.63) is 23.3 Å². The lowest BCUT2D eigenvalue weighted by molar-refractivity contribution is 0.646. The van der Waals surface area contributed by atoms with Crippen molar-refractivity contribution in [2.45, 2.75) is 22.6 Å². The molecule has 1 aliphatic rings. The topological polar surface area (TPSA) is 40.5 Å². The fourth-order valence-corrected chi connectivity index (χ4v) is 2.47. The summed E-state index contributed by atoms with van der Waals surface area (Å²) in [6.45, 7) is 0. The van der Waals surface area contributed by atoms with Gasteiger partial charge in [0.05, 0.1) is 9.79 Å². The van der Waals surface area contributed by atoms with Gasteiger partial charge < -0.3 is 9.11 Å². The largest absolute Gasteiger partial charge is 0.325 e. The third-order valence-corrected chi connectivity index (χ3v) is 3.47. The molecule has 0 aromatic heterocycles. The van der Waals surface area contributed by atoms with Gasteiger partial charge in [0, 0.05) is 24.1 Å². The first-order valence-corrected chi connectivity index (χ1v) is 5.19. The molecule has 1 aliphatic carbocycles. The number of fused-ring (bicyclic) bond motifs is 1. The molecule has 0 atom stereocenters. The highest BCUT2D eigenvalue weighted by Gasteiger charge is 2.20. The van der Waals surface area contributed by atoms with Gasteiger partial charge in [-0.15, -0.1) is 0 Å². The SMILES string of the molecule is OSc1ccc2c(c1SO)CC2. The first kappa shape index (κ1) is 8.44. The van der Waals surface area contributed by atoms with Gasteiger partial charge in [-0.1, -0.05) is 6.07 Å². The van der Waals surface area contributed by atoms with E-state index < -0.39 is 0 Å². The van der Waals surface area contributed by atoms with Gasteiger partial charge in [-0.2, -0.15) is 0 Å². The molecule has 0 amide bonds. The van der Waals surface area contributed by atoms with E-state index in [1.165, 1.54) is 11.1 Å². The van der Waals surface area contributed by atoms with Gasteiger partial charge in [-0.25, -0.2) is 0 Å². The predicted molar refractivity (Wildman–Crippen MR) is 50.8 cm³/mol. The monoisotopic (exact) mass is 200 g/mol. The minimum Gasteiger partial charge on any atom is -0.325 e. The highest BCUT2D eigenvalue weighted by atomic mass is 32.2. The summed E-state index contributed by atoms with van der Waals surface area (Å²) in [5.41, 5.74) is 2.49. The van der Waals surface area contributed by atoms with Gasteiger partial charge in [-0.3, -0.25) is 0 Å². The summed E-state index contributed by atoms with van der Waals surface area (Å²) in [6.07, 6.45) is 2.12.